The standard InChI is InChI=1S/C27H20ClN3O3/c1-17-10-12-20(13-11-17)31-26(33)22(25(32)29-27(31)34)14-19-16-30(24-9-5-3-7-21(19)24)15-18-6-2-4-8-23(18)28/h2-14,16H,15H2,1H3,(H,29,32,34)/b22-14+. The van der Waals surface area contributed by atoms with Crippen molar-refractivity contribution in [2.24, 2.45) is 0 Å². The number of halogens is 1. The second kappa shape index (κ2) is 8.65. The van der Waals surface area contributed by atoms with E-state index in [-0.39, 0.29) is 5.57 Å². The number of fused-ring (bicyclic) bond motifs is 1. The molecule has 0 atom stereocenters. The Balaban J connectivity index is 1.57. The number of aromatic nitrogens is 1. The average molecular weight is 470 g/mol. The highest BCUT2D eigenvalue weighted by Crippen LogP contribution is 2.28. The van der Waals surface area contributed by atoms with Crippen LogP contribution in [0.4, 0.5) is 10.5 Å². The van der Waals surface area contributed by atoms with Gasteiger partial charge in [-0.3, -0.25) is 14.9 Å². The molecule has 6 nitrogen and oxygen atoms in total. The summed E-state index contributed by atoms with van der Waals surface area (Å²) in [5, 5.41) is 3.82. The van der Waals surface area contributed by atoms with Gasteiger partial charge in [-0.15, -0.1) is 0 Å². The molecule has 4 aromatic rings. The monoisotopic (exact) mass is 469 g/mol. The van der Waals surface area contributed by atoms with E-state index in [9.17, 15) is 14.4 Å². The first-order valence-electron chi connectivity index (χ1n) is 10.7. The zero-order valence-corrected chi connectivity index (χ0v) is 19.0. The number of amides is 4. The Morgan fingerprint density at radius 2 is 1.62 bits per heavy atom. The molecule has 1 aromatic heterocycles. The summed E-state index contributed by atoms with van der Waals surface area (Å²) in [5.74, 6) is -1.39. The van der Waals surface area contributed by atoms with E-state index in [1.54, 1.807) is 24.3 Å². The Kier molecular flexibility index (Phi) is 5.51. The quantitative estimate of drug-likeness (QED) is 0.325. The highest BCUT2D eigenvalue weighted by molar-refractivity contribution is 6.39. The molecule has 0 spiro atoms. The number of carbonyl (C=O) groups excluding carboxylic acids is 3. The molecule has 34 heavy (non-hydrogen) atoms. The molecule has 5 rings (SSSR count). The Labute approximate surface area is 201 Å². The molecular formula is C27H20ClN3O3. The number of aryl methyl sites for hydroxylation is 1. The molecule has 1 aliphatic rings. The lowest BCUT2D eigenvalue weighted by Gasteiger charge is -2.26. The van der Waals surface area contributed by atoms with E-state index in [0.717, 1.165) is 26.9 Å². The number of hydrogen-bond acceptors (Lipinski definition) is 3. The van der Waals surface area contributed by atoms with Gasteiger partial charge in [0.15, 0.2) is 0 Å². The minimum atomic E-state index is -0.767. The summed E-state index contributed by atoms with van der Waals surface area (Å²) < 4.78 is 2.02. The fourth-order valence-corrected chi connectivity index (χ4v) is 4.27. The first-order chi connectivity index (χ1) is 16.4. The van der Waals surface area contributed by atoms with Gasteiger partial charge in [-0.05, 0) is 42.8 Å². The van der Waals surface area contributed by atoms with Gasteiger partial charge in [-0.1, -0.05) is 65.7 Å². The van der Waals surface area contributed by atoms with Gasteiger partial charge in [0.2, 0.25) is 0 Å². The number of nitrogens with one attached hydrogen (secondary N) is 1. The van der Waals surface area contributed by atoms with Crippen molar-refractivity contribution in [3.8, 4) is 0 Å². The van der Waals surface area contributed by atoms with Gasteiger partial charge < -0.3 is 4.57 Å². The van der Waals surface area contributed by atoms with Gasteiger partial charge in [0.1, 0.15) is 5.57 Å². The minimum absolute atomic E-state index is 0.110. The van der Waals surface area contributed by atoms with Crippen molar-refractivity contribution in [1.29, 1.82) is 0 Å². The number of anilines is 1. The third kappa shape index (κ3) is 3.89. The summed E-state index contributed by atoms with van der Waals surface area (Å²) in [6.07, 6.45) is 3.42. The van der Waals surface area contributed by atoms with E-state index in [0.29, 0.717) is 22.8 Å². The maximum atomic E-state index is 13.3. The van der Waals surface area contributed by atoms with Gasteiger partial charge in [-0.2, -0.15) is 0 Å². The van der Waals surface area contributed by atoms with E-state index in [1.807, 2.05) is 66.2 Å². The molecule has 3 aromatic carbocycles. The van der Waals surface area contributed by atoms with E-state index in [1.165, 1.54) is 6.08 Å². The number of imide groups is 2. The van der Waals surface area contributed by atoms with Gasteiger partial charge >= 0.3 is 6.03 Å². The molecule has 1 aliphatic heterocycles. The smallest absolute Gasteiger partial charge is 0.335 e. The summed E-state index contributed by atoms with van der Waals surface area (Å²) in [6, 6.07) is 21.5. The number of rotatable bonds is 4. The molecule has 7 heteroatoms. The first kappa shape index (κ1) is 21.7. The lowest BCUT2D eigenvalue weighted by Crippen LogP contribution is -2.54. The zero-order valence-electron chi connectivity index (χ0n) is 18.3. The van der Waals surface area contributed by atoms with Crippen LogP contribution in [0.2, 0.25) is 5.02 Å². The molecule has 1 saturated heterocycles. The largest absolute Gasteiger partial charge is 0.342 e. The molecule has 2 heterocycles. The molecule has 0 unspecified atom stereocenters. The summed E-state index contributed by atoms with van der Waals surface area (Å²) in [6.45, 7) is 2.44. The van der Waals surface area contributed by atoms with Crippen LogP contribution in [0.5, 0.6) is 0 Å². The van der Waals surface area contributed by atoms with E-state index < -0.39 is 17.8 Å². The maximum absolute atomic E-state index is 13.3. The predicted octanol–water partition coefficient (Wildman–Crippen LogP) is 5.32. The summed E-state index contributed by atoms with van der Waals surface area (Å²) in [7, 11) is 0. The normalized spacial score (nSPS) is 15.3. The highest BCUT2D eigenvalue weighted by Gasteiger charge is 2.37. The molecule has 1 N–H and O–H groups in total. The van der Waals surface area contributed by atoms with Crippen molar-refractivity contribution in [2.45, 2.75) is 13.5 Å². The van der Waals surface area contributed by atoms with Crippen LogP contribution in [-0.4, -0.2) is 22.4 Å². The van der Waals surface area contributed by atoms with Crippen LogP contribution >= 0.6 is 11.6 Å². The molecule has 0 bridgehead atoms. The molecule has 0 saturated carbocycles. The van der Waals surface area contributed by atoms with E-state index >= 15 is 0 Å². The van der Waals surface area contributed by atoms with Crippen molar-refractivity contribution < 1.29 is 14.4 Å². The van der Waals surface area contributed by atoms with Crippen LogP contribution in [0.15, 0.2) is 84.6 Å². The van der Waals surface area contributed by atoms with Crippen LogP contribution in [0, 0.1) is 6.92 Å². The van der Waals surface area contributed by atoms with Crippen molar-refractivity contribution >= 4 is 52.1 Å². The minimum Gasteiger partial charge on any atom is -0.342 e. The third-order valence-electron chi connectivity index (χ3n) is 5.81. The number of para-hydroxylation sites is 1. The number of carbonyl (C=O) groups is 3. The van der Waals surface area contributed by atoms with Gasteiger partial charge in [-0.25, -0.2) is 9.69 Å². The SMILES string of the molecule is Cc1ccc(N2C(=O)NC(=O)/C(=C\c3cn(Cc4ccccc4Cl)c4ccccc34)C2=O)cc1. The molecule has 1 fully saturated rings. The van der Waals surface area contributed by atoms with Gasteiger partial charge in [0.05, 0.1) is 5.69 Å². The lowest BCUT2D eigenvalue weighted by molar-refractivity contribution is -0.122. The highest BCUT2D eigenvalue weighted by atomic mass is 35.5. The summed E-state index contributed by atoms with van der Waals surface area (Å²) >= 11 is 6.36. The Morgan fingerprint density at radius 1 is 0.912 bits per heavy atom. The number of urea groups is 1. The Bertz CT molecular complexity index is 1480. The van der Waals surface area contributed by atoms with Crippen molar-refractivity contribution in [3.63, 3.8) is 0 Å². The van der Waals surface area contributed by atoms with Crippen LogP contribution < -0.4 is 10.2 Å². The number of benzene rings is 3. The lowest BCUT2D eigenvalue weighted by atomic mass is 10.1. The maximum Gasteiger partial charge on any atom is 0.335 e. The Morgan fingerprint density at radius 3 is 2.38 bits per heavy atom. The van der Waals surface area contributed by atoms with Crippen molar-refractivity contribution in [2.75, 3.05) is 4.90 Å². The predicted molar refractivity (Wildman–Crippen MR) is 133 cm³/mol. The zero-order chi connectivity index (χ0) is 23.8. The molecule has 0 aliphatic carbocycles. The fraction of sp³-hybridized carbons (Fsp3) is 0.0741. The summed E-state index contributed by atoms with van der Waals surface area (Å²) in [5.41, 5.74) is 3.86. The first-order valence-corrected chi connectivity index (χ1v) is 11.1. The van der Waals surface area contributed by atoms with Crippen LogP contribution in [0.3, 0.4) is 0 Å². The van der Waals surface area contributed by atoms with Gasteiger partial charge in [0, 0.05) is 34.2 Å². The van der Waals surface area contributed by atoms with E-state index in [2.05, 4.69) is 5.32 Å². The Hall–Kier alpha value is -4.16. The third-order valence-corrected chi connectivity index (χ3v) is 6.18. The van der Waals surface area contributed by atoms with Crippen LogP contribution in [-0.2, 0) is 16.1 Å². The van der Waals surface area contributed by atoms with Crippen LogP contribution in [0.1, 0.15) is 16.7 Å². The average Bonchev–Trinajstić information content (AvgIpc) is 3.16. The topological polar surface area (TPSA) is 71.4 Å². The van der Waals surface area contributed by atoms with E-state index in [4.69, 9.17) is 11.6 Å². The fourth-order valence-electron chi connectivity index (χ4n) is 4.07. The summed E-state index contributed by atoms with van der Waals surface area (Å²) in [4.78, 5) is 39.4. The van der Waals surface area contributed by atoms with Crippen LogP contribution in [0.25, 0.3) is 17.0 Å². The molecule has 4 amide bonds. The second-order valence-corrected chi connectivity index (χ2v) is 8.52. The van der Waals surface area contributed by atoms with Gasteiger partial charge in [0.25, 0.3) is 11.8 Å². The number of hydrogen-bond donors (Lipinski definition) is 1. The number of nitrogens with zero attached hydrogens (tertiary/aromatic N) is 2. The molecule has 168 valence electrons. The molecule has 0 radical (unpaired) electrons. The second-order valence-electron chi connectivity index (χ2n) is 8.11. The van der Waals surface area contributed by atoms with Crippen molar-refractivity contribution in [1.82, 2.24) is 9.88 Å². The van der Waals surface area contributed by atoms with Crippen molar-refractivity contribution in [3.05, 3.63) is 106 Å². The molecular weight excluding hydrogens is 450 g/mol. The number of barbiturate groups is 1.